The van der Waals surface area contributed by atoms with Crippen molar-refractivity contribution in [1.82, 2.24) is 19.7 Å². The molecule has 2 heterocycles. The molecule has 0 radical (unpaired) electrons. The Kier molecular flexibility index (Phi) is 4.67. The number of fused-ring (bicyclic) bond motifs is 1. The standard InChI is InChI=1S/C19H19N5S2/c1-13(18-20-15-10-6-7-11-16(15)26-18)23(2)12-24-19(25)21-17(22-24)14-8-4-3-5-9-14/h3-11,13H,12H2,1-2H3,(H,21,22,25)/p+1/t13-/m1/s1. The summed E-state index contributed by atoms with van der Waals surface area (Å²) in [5.41, 5.74) is 2.10. The van der Waals surface area contributed by atoms with Gasteiger partial charge in [0.25, 0.3) is 0 Å². The molecule has 5 nitrogen and oxygen atoms in total. The zero-order valence-corrected chi connectivity index (χ0v) is 16.3. The molecule has 0 aliphatic rings. The molecule has 1 unspecified atom stereocenters. The Labute approximate surface area is 160 Å². The summed E-state index contributed by atoms with van der Waals surface area (Å²) in [5.74, 6) is 0.802. The van der Waals surface area contributed by atoms with Gasteiger partial charge in [-0.25, -0.2) is 9.67 Å². The van der Waals surface area contributed by atoms with Gasteiger partial charge in [0.05, 0.1) is 17.3 Å². The van der Waals surface area contributed by atoms with Crippen molar-refractivity contribution in [2.75, 3.05) is 7.05 Å². The summed E-state index contributed by atoms with van der Waals surface area (Å²) in [7, 11) is 2.15. The van der Waals surface area contributed by atoms with Crippen LogP contribution in [0.1, 0.15) is 18.0 Å². The number of H-pyrrole nitrogens is 1. The average molecular weight is 383 g/mol. The smallest absolute Gasteiger partial charge is 0.221 e. The van der Waals surface area contributed by atoms with Crippen LogP contribution in [0.5, 0.6) is 0 Å². The van der Waals surface area contributed by atoms with E-state index in [0.717, 1.165) is 21.9 Å². The van der Waals surface area contributed by atoms with E-state index in [2.05, 4.69) is 42.3 Å². The third-order valence-electron chi connectivity index (χ3n) is 4.55. The van der Waals surface area contributed by atoms with Gasteiger partial charge in [-0.2, -0.15) is 4.98 Å². The van der Waals surface area contributed by atoms with E-state index in [1.807, 2.05) is 41.1 Å². The second kappa shape index (κ2) is 7.11. The molecule has 0 amide bonds. The van der Waals surface area contributed by atoms with E-state index < -0.39 is 0 Å². The summed E-state index contributed by atoms with van der Waals surface area (Å²) in [4.78, 5) is 10.6. The highest BCUT2D eigenvalue weighted by Gasteiger charge is 2.20. The van der Waals surface area contributed by atoms with Gasteiger partial charge in [-0.3, -0.25) is 5.10 Å². The average Bonchev–Trinajstić information content (AvgIpc) is 3.25. The maximum absolute atomic E-state index is 5.44. The maximum atomic E-state index is 5.44. The van der Waals surface area contributed by atoms with Gasteiger partial charge in [0.1, 0.15) is 6.04 Å². The van der Waals surface area contributed by atoms with Gasteiger partial charge in [-0.1, -0.05) is 42.5 Å². The number of benzene rings is 2. The summed E-state index contributed by atoms with van der Waals surface area (Å²) in [5, 5.41) is 4.46. The second-order valence-electron chi connectivity index (χ2n) is 6.39. The number of aromatic amines is 1. The first-order valence-electron chi connectivity index (χ1n) is 8.52. The second-order valence-corrected chi connectivity index (χ2v) is 7.82. The molecule has 2 aromatic heterocycles. The Balaban J connectivity index is 1.55. The van der Waals surface area contributed by atoms with Gasteiger partial charge in [0.15, 0.2) is 17.5 Å². The molecule has 0 spiro atoms. The fraction of sp³-hybridized carbons (Fsp3) is 0.211. The Hall–Kier alpha value is -2.35. The third kappa shape index (κ3) is 3.33. The lowest BCUT2D eigenvalue weighted by atomic mass is 10.2. The van der Waals surface area contributed by atoms with Crippen LogP contribution in [0, 0.1) is 4.77 Å². The van der Waals surface area contributed by atoms with E-state index in [1.54, 1.807) is 11.3 Å². The maximum Gasteiger partial charge on any atom is 0.221 e. The van der Waals surface area contributed by atoms with Crippen molar-refractivity contribution in [3.63, 3.8) is 0 Å². The van der Waals surface area contributed by atoms with E-state index in [4.69, 9.17) is 17.2 Å². The quantitative estimate of drug-likeness (QED) is 0.520. The predicted molar refractivity (Wildman–Crippen MR) is 108 cm³/mol. The lowest BCUT2D eigenvalue weighted by Crippen LogP contribution is -3.08. The molecule has 132 valence electrons. The molecule has 4 rings (SSSR count). The lowest BCUT2D eigenvalue weighted by molar-refractivity contribution is -0.933. The molecule has 4 aromatic rings. The zero-order chi connectivity index (χ0) is 18.1. The number of hydrogen-bond acceptors (Lipinski definition) is 4. The van der Waals surface area contributed by atoms with Crippen molar-refractivity contribution < 1.29 is 4.90 Å². The zero-order valence-electron chi connectivity index (χ0n) is 14.6. The Morgan fingerprint density at radius 3 is 2.62 bits per heavy atom. The van der Waals surface area contributed by atoms with Gasteiger partial charge in [-0.15, -0.1) is 11.3 Å². The van der Waals surface area contributed by atoms with E-state index in [-0.39, 0.29) is 6.04 Å². The lowest BCUT2D eigenvalue weighted by Gasteiger charge is -2.19. The Bertz CT molecular complexity index is 1050. The van der Waals surface area contributed by atoms with E-state index in [1.165, 1.54) is 9.60 Å². The largest absolute Gasteiger partial charge is 0.311 e. The Morgan fingerprint density at radius 1 is 1.12 bits per heavy atom. The number of thiazole rings is 1. The molecule has 26 heavy (non-hydrogen) atoms. The van der Waals surface area contributed by atoms with Crippen molar-refractivity contribution in [2.45, 2.75) is 19.6 Å². The summed E-state index contributed by atoms with van der Waals surface area (Å²) in [6.45, 7) is 2.90. The van der Waals surface area contributed by atoms with Crippen LogP contribution in [-0.2, 0) is 6.67 Å². The van der Waals surface area contributed by atoms with Crippen molar-refractivity contribution in [2.24, 2.45) is 0 Å². The summed E-state index contributed by atoms with van der Waals surface area (Å²) in [6.07, 6.45) is 0. The molecule has 0 fully saturated rings. The van der Waals surface area contributed by atoms with Gasteiger partial charge >= 0.3 is 0 Å². The van der Waals surface area contributed by atoms with Crippen LogP contribution in [0.3, 0.4) is 0 Å². The minimum atomic E-state index is 0.262. The van der Waals surface area contributed by atoms with Crippen LogP contribution >= 0.6 is 23.6 Å². The summed E-state index contributed by atoms with van der Waals surface area (Å²) < 4.78 is 3.72. The van der Waals surface area contributed by atoms with Crippen LogP contribution < -0.4 is 4.90 Å². The Morgan fingerprint density at radius 2 is 1.85 bits per heavy atom. The molecular weight excluding hydrogens is 362 g/mol. The molecule has 7 heteroatoms. The number of aromatic nitrogens is 4. The van der Waals surface area contributed by atoms with Crippen LogP contribution in [-0.4, -0.2) is 26.8 Å². The molecule has 2 atom stereocenters. The highest BCUT2D eigenvalue weighted by Crippen LogP contribution is 2.24. The molecule has 2 N–H and O–H groups in total. The van der Waals surface area contributed by atoms with Crippen molar-refractivity contribution in [3.05, 3.63) is 64.4 Å². The molecule has 0 aliphatic heterocycles. The number of quaternary nitrogens is 1. The number of hydrogen-bond donors (Lipinski definition) is 2. The predicted octanol–water partition coefficient (Wildman–Crippen LogP) is 3.45. The van der Waals surface area contributed by atoms with Crippen LogP contribution in [0.15, 0.2) is 54.6 Å². The number of rotatable bonds is 5. The van der Waals surface area contributed by atoms with Crippen molar-refractivity contribution >= 4 is 33.8 Å². The fourth-order valence-electron chi connectivity index (χ4n) is 2.86. The highest BCUT2D eigenvalue weighted by molar-refractivity contribution is 7.71. The topological polar surface area (TPSA) is 50.9 Å². The number of nitrogens with one attached hydrogen (secondary N) is 2. The normalized spacial score (nSPS) is 13.8. The highest BCUT2D eigenvalue weighted by atomic mass is 32.1. The molecule has 0 bridgehead atoms. The van der Waals surface area contributed by atoms with Gasteiger partial charge in [-0.05, 0) is 31.3 Å². The molecular formula is C19H20N5S2+. The van der Waals surface area contributed by atoms with E-state index in [9.17, 15) is 0 Å². The van der Waals surface area contributed by atoms with E-state index >= 15 is 0 Å². The van der Waals surface area contributed by atoms with Crippen LogP contribution in [0.4, 0.5) is 0 Å². The molecule has 0 saturated heterocycles. The molecule has 2 aromatic carbocycles. The first kappa shape index (κ1) is 17.1. The van der Waals surface area contributed by atoms with E-state index in [0.29, 0.717) is 11.4 Å². The molecule has 0 saturated carbocycles. The van der Waals surface area contributed by atoms with Gasteiger partial charge in [0.2, 0.25) is 4.77 Å². The van der Waals surface area contributed by atoms with Crippen molar-refractivity contribution in [1.29, 1.82) is 0 Å². The van der Waals surface area contributed by atoms with Gasteiger partial charge < -0.3 is 4.90 Å². The molecule has 0 aliphatic carbocycles. The van der Waals surface area contributed by atoms with Gasteiger partial charge in [0, 0.05) is 5.56 Å². The fourth-order valence-corrected chi connectivity index (χ4v) is 4.17. The SMILES string of the molecule is C[C@H](c1nc2ccccc2s1)[NH+](C)Cn1[nH]c(-c2ccccc2)nc1=S. The number of nitrogens with zero attached hydrogens (tertiary/aromatic N) is 3. The monoisotopic (exact) mass is 382 g/mol. The minimum absolute atomic E-state index is 0.262. The minimum Gasteiger partial charge on any atom is -0.311 e. The third-order valence-corrected chi connectivity index (χ3v) is 6.08. The first-order chi connectivity index (χ1) is 12.6. The van der Waals surface area contributed by atoms with Crippen molar-refractivity contribution in [3.8, 4) is 11.4 Å². The number of para-hydroxylation sites is 1. The van der Waals surface area contributed by atoms with Crippen LogP contribution in [0.25, 0.3) is 21.6 Å². The summed E-state index contributed by atoms with van der Waals surface area (Å²) >= 11 is 7.20. The first-order valence-corrected chi connectivity index (χ1v) is 9.74. The summed E-state index contributed by atoms with van der Waals surface area (Å²) in [6, 6.07) is 18.6. The van der Waals surface area contributed by atoms with Crippen LogP contribution in [0.2, 0.25) is 0 Å².